The van der Waals surface area contributed by atoms with Gasteiger partial charge in [0.15, 0.2) is 0 Å². The molecular formula is C17H20NO. The molecule has 1 aliphatic rings. The predicted molar refractivity (Wildman–Crippen MR) is 78.2 cm³/mol. The average Bonchev–Trinajstić information content (AvgIpc) is 2.48. The molecule has 0 aromatic heterocycles. The third-order valence-electron chi connectivity index (χ3n) is 3.57. The monoisotopic (exact) mass is 254 g/mol. The summed E-state index contributed by atoms with van der Waals surface area (Å²) in [4.78, 5) is 5.09. The molecule has 1 aromatic rings. The Balaban J connectivity index is 2.01. The lowest BCUT2D eigenvalue weighted by atomic mass is 9.82. The summed E-state index contributed by atoms with van der Waals surface area (Å²) >= 11 is 0. The van der Waals surface area contributed by atoms with Crippen molar-refractivity contribution in [2.45, 2.75) is 44.4 Å². The third-order valence-corrected chi connectivity index (χ3v) is 3.57. The summed E-state index contributed by atoms with van der Waals surface area (Å²) in [7, 11) is 0. The van der Waals surface area contributed by atoms with E-state index >= 15 is 0 Å². The van der Waals surface area contributed by atoms with Crippen molar-refractivity contribution in [2.75, 3.05) is 6.61 Å². The van der Waals surface area contributed by atoms with Gasteiger partial charge in [-0.1, -0.05) is 48.7 Å². The van der Waals surface area contributed by atoms with Gasteiger partial charge >= 0.3 is 0 Å². The van der Waals surface area contributed by atoms with Gasteiger partial charge < -0.3 is 4.84 Å². The zero-order valence-electron chi connectivity index (χ0n) is 11.3. The van der Waals surface area contributed by atoms with Crippen LogP contribution in [0, 0.1) is 12.3 Å². The Kier molecular flexibility index (Phi) is 5.49. The van der Waals surface area contributed by atoms with E-state index in [9.17, 15) is 0 Å². The summed E-state index contributed by atoms with van der Waals surface area (Å²) in [5, 5.41) is 3.89. The minimum atomic E-state index is 0.453. The number of hydrogen-bond acceptors (Lipinski definition) is 2. The second-order valence-electron chi connectivity index (χ2n) is 4.91. The van der Waals surface area contributed by atoms with Crippen LogP contribution >= 0.6 is 0 Å². The summed E-state index contributed by atoms with van der Waals surface area (Å²) in [5.74, 6) is 3.17. The summed E-state index contributed by atoms with van der Waals surface area (Å²) in [6, 6.07) is 8.35. The van der Waals surface area contributed by atoms with Crippen LogP contribution in [0.1, 0.15) is 55.6 Å². The SMILES string of the molecule is C#CCCON=[C]c1ccccc1C1CCCCC1. The molecule has 1 aliphatic carbocycles. The predicted octanol–water partition coefficient (Wildman–Crippen LogP) is 3.99. The van der Waals surface area contributed by atoms with E-state index in [1.165, 1.54) is 37.7 Å². The van der Waals surface area contributed by atoms with Crippen molar-refractivity contribution in [3.05, 3.63) is 35.4 Å². The van der Waals surface area contributed by atoms with E-state index in [0.717, 1.165) is 5.56 Å². The van der Waals surface area contributed by atoms with Gasteiger partial charge in [0.2, 0.25) is 0 Å². The van der Waals surface area contributed by atoms with Crippen molar-refractivity contribution < 1.29 is 4.84 Å². The summed E-state index contributed by atoms with van der Waals surface area (Å²) < 4.78 is 0. The van der Waals surface area contributed by atoms with E-state index in [4.69, 9.17) is 11.3 Å². The highest BCUT2D eigenvalue weighted by molar-refractivity contribution is 5.81. The fraction of sp³-hybridized carbons (Fsp3) is 0.471. The molecule has 0 aliphatic heterocycles. The molecule has 0 bridgehead atoms. The Labute approximate surface area is 115 Å². The molecule has 1 saturated carbocycles. The molecule has 0 heterocycles. The van der Waals surface area contributed by atoms with Crippen LogP contribution < -0.4 is 0 Å². The number of terminal acetylenes is 1. The fourth-order valence-electron chi connectivity index (χ4n) is 2.60. The first-order valence-electron chi connectivity index (χ1n) is 7.02. The number of nitrogens with zero attached hydrogens (tertiary/aromatic N) is 1. The van der Waals surface area contributed by atoms with E-state index in [0.29, 0.717) is 18.9 Å². The quantitative estimate of drug-likeness (QED) is 0.337. The molecule has 0 N–H and O–H groups in total. The Hall–Kier alpha value is -1.75. The van der Waals surface area contributed by atoms with E-state index in [1.807, 2.05) is 6.07 Å². The molecule has 99 valence electrons. The highest BCUT2D eigenvalue weighted by Gasteiger charge is 2.17. The van der Waals surface area contributed by atoms with Crippen LogP contribution in [0.2, 0.25) is 0 Å². The zero-order chi connectivity index (χ0) is 13.3. The maximum atomic E-state index is 5.15. The first kappa shape index (κ1) is 13.7. The number of rotatable bonds is 5. The molecule has 19 heavy (non-hydrogen) atoms. The first-order chi connectivity index (χ1) is 9.42. The molecule has 0 saturated heterocycles. The van der Waals surface area contributed by atoms with Gasteiger partial charge in [-0.05, 0) is 24.3 Å². The van der Waals surface area contributed by atoms with Crippen molar-refractivity contribution in [1.29, 1.82) is 0 Å². The van der Waals surface area contributed by atoms with E-state index in [-0.39, 0.29) is 0 Å². The Bertz CT molecular complexity index is 453. The Morgan fingerprint density at radius 3 is 2.79 bits per heavy atom. The van der Waals surface area contributed by atoms with Crippen LogP contribution in [0.15, 0.2) is 29.4 Å². The maximum Gasteiger partial charge on any atom is 0.139 e. The molecule has 0 spiro atoms. The molecule has 0 amide bonds. The highest BCUT2D eigenvalue weighted by atomic mass is 16.6. The smallest absolute Gasteiger partial charge is 0.139 e. The van der Waals surface area contributed by atoms with Crippen LogP contribution in [0.25, 0.3) is 0 Å². The van der Waals surface area contributed by atoms with Crippen LogP contribution in [0.3, 0.4) is 0 Å². The fourth-order valence-corrected chi connectivity index (χ4v) is 2.60. The average molecular weight is 254 g/mol. The van der Waals surface area contributed by atoms with Crippen LogP contribution in [-0.4, -0.2) is 12.8 Å². The standard InChI is InChI=1S/C17H20NO/c1-2-3-13-19-18-14-16-11-7-8-12-17(16)15-9-5-4-6-10-15/h1,7-8,11-12,15H,3-6,9-10,13H2. The third kappa shape index (κ3) is 4.13. The topological polar surface area (TPSA) is 21.6 Å². The minimum absolute atomic E-state index is 0.453. The Morgan fingerprint density at radius 2 is 2.00 bits per heavy atom. The molecule has 2 heteroatoms. The Morgan fingerprint density at radius 1 is 1.21 bits per heavy atom. The van der Waals surface area contributed by atoms with Crippen LogP contribution in [0.5, 0.6) is 0 Å². The normalized spacial score (nSPS) is 16.4. The second-order valence-corrected chi connectivity index (χ2v) is 4.91. The zero-order valence-corrected chi connectivity index (χ0v) is 11.3. The molecule has 1 radical (unpaired) electrons. The lowest BCUT2D eigenvalue weighted by Gasteiger charge is -2.23. The van der Waals surface area contributed by atoms with Gasteiger partial charge in [-0.3, -0.25) is 0 Å². The molecule has 0 atom stereocenters. The van der Waals surface area contributed by atoms with Crippen LogP contribution in [-0.2, 0) is 4.84 Å². The number of benzene rings is 1. The highest BCUT2D eigenvalue weighted by Crippen LogP contribution is 2.33. The molecule has 2 nitrogen and oxygen atoms in total. The molecule has 1 fully saturated rings. The summed E-state index contributed by atoms with van der Waals surface area (Å²) in [5.41, 5.74) is 2.40. The molecule has 1 aromatic carbocycles. The summed E-state index contributed by atoms with van der Waals surface area (Å²) in [6.45, 7) is 0.453. The number of hydrogen-bond donors (Lipinski definition) is 0. The van der Waals surface area contributed by atoms with Gasteiger partial charge in [-0.25, -0.2) is 0 Å². The second kappa shape index (κ2) is 7.63. The molecular weight excluding hydrogens is 234 g/mol. The van der Waals surface area contributed by atoms with Gasteiger partial charge in [0, 0.05) is 12.0 Å². The minimum Gasteiger partial charge on any atom is -0.394 e. The lowest BCUT2D eigenvalue weighted by molar-refractivity contribution is 0.152. The van der Waals surface area contributed by atoms with E-state index in [2.05, 4.69) is 35.5 Å². The van der Waals surface area contributed by atoms with Gasteiger partial charge in [0.1, 0.15) is 12.8 Å². The van der Waals surface area contributed by atoms with Gasteiger partial charge in [-0.15, -0.1) is 12.3 Å². The lowest BCUT2D eigenvalue weighted by Crippen LogP contribution is -2.07. The van der Waals surface area contributed by atoms with Gasteiger partial charge in [0.25, 0.3) is 0 Å². The van der Waals surface area contributed by atoms with Gasteiger partial charge in [0.05, 0.1) is 0 Å². The van der Waals surface area contributed by atoms with Crippen molar-refractivity contribution in [3.63, 3.8) is 0 Å². The molecule has 2 rings (SSSR count). The van der Waals surface area contributed by atoms with Crippen molar-refractivity contribution >= 4 is 6.21 Å². The van der Waals surface area contributed by atoms with Crippen molar-refractivity contribution in [1.82, 2.24) is 0 Å². The maximum absolute atomic E-state index is 5.15. The summed E-state index contributed by atoms with van der Waals surface area (Å²) in [6.07, 6.45) is 15.3. The van der Waals surface area contributed by atoms with Crippen molar-refractivity contribution in [3.8, 4) is 12.3 Å². The largest absolute Gasteiger partial charge is 0.394 e. The van der Waals surface area contributed by atoms with E-state index in [1.54, 1.807) is 0 Å². The van der Waals surface area contributed by atoms with Crippen LogP contribution in [0.4, 0.5) is 0 Å². The first-order valence-corrected chi connectivity index (χ1v) is 7.02. The molecule has 0 unspecified atom stereocenters. The van der Waals surface area contributed by atoms with Crippen molar-refractivity contribution in [2.24, 2.45) is 5.16 Å². The van der Waals surface area contributed by atoms with E-state index < -0.39 is 0 Å². The van der Waals surface area contributed by atoms with Gasteiger partial charge in [-0.2, -0.15) is 0 Å².